The molecule has 3 rings (SSSR count). The lowest BCUT2D eigenvalue weighted by Gasteiger charge is -2.37. The smallest absolute Gasteiger partial charge is 0.323 e. The predicted octanol–water partition coefficient (Wildman–Crippen LogP) is 3.88. The minimum atomic E-state index is -0.709. The van der Waals surface area contributed by atoms with Gasteiger partial charge in [-0.2, -0.15) is 0 Å². The first kappa shape index (κ1) is 18.5. The van der Waals surface area contributed by atoms with Crippen LogP contribution in [-0.2, 0) is 11.3 Å². The van der Waals surface area contributed by atoms with Gasteiger partial charge in [-0.25, -0.2) is 9.69 Å². The van der Waals surface area contributed by atoms with Gasteiger partial charge in [-0.15, -0.1) is 0 Å². The Bertz CT molecular complexity index is 697. The van der Waals surface area contributed by atoms with Crippen molar-refractivity contribution in [2.24, 2.45) is 5.92 Å². The van der Waals surface area contributed by atoms with Crippen LogP contribution >= 0.6 is 23.2 Å². The molecule has 0 unspecified atom stereocenters. The molecule has 1 aliphatic heterocycles. The molecule has 5 nitrogen and oxygen atoms in total. The summed E-state index contributed by atoms with van der Waals surface area (Å²) >= 11 is 12.0. The monoisotopic (exact) mass is 383 g/mol. The second-order valence-electron chi connectivity index (χ2n) is 7.19. The highest BCUT2D eigenvalue weighted by atomic mass is 35.5. The van der Waals surface area contributed by atoms with E-state index in [9.17, 15) is 9.59 Å². The maximum Gasteiger partial charge on any atom is 0.326 e. The summed E-state index contributed by atoms with van der Waals surface area (Å²) in [5.74, 6) is 0.0776. The molecule has 1 saturated heterocycles. The molecular weight excluding hydrogens is 361 g/mol. The van der Waals surface area contributed by atoms with Crippen molar-refractivity contribution < 1.29 is 9.59 Å². The zero-order valence-corrected chi connectivity index (χ0v) is 16.0. The van der Waals surface area contributed by atoms with Crippen molar-refractivity contribution in [2.75, 3.05) is 13.7 Å². The molecule has 1 aromatic rings. The lowest BCUT2D eigenvalue weighted by molar-refractivity contribution is -0.135. The molecule has 1 N–H and O–H groups in total. The Morgan fingerprint density at radius 3 is 2.72 bits per heavy atom. The Morgan fingerprint density at radius 2 is 2.04 bits per heavy atom. The highest BCUT2D eigenvalue weighted by Crippen LogP contribution is 2.38. The molecule has 2 fully saturated rings. The third kappa shape index (κ3) is 3.50. The fourth-order valence-corrected chi connectivity index (χ4v) is 4.19. The van der Waals surface area contributed by atoms with E-state index in [0.717, 1.165) is 31.2 Å². The van der Waals surface area contributed by atoms with Crippen LogP contribution in [0, 0.1) is 5.92 Å². The molecule has 0 bridgehead atoms. The van der Waals surface area contributed by atoms with Crippen LogP contribution in [-0.4, -0.2) is 41.0 Å². The Balaban J connectivity index is 1.68. The number of amides is 3. The normalized spacial score (nSPS) is 26.6. The van der Waals surface area contributed by atoms with Gasteiger partial charge in [-0.3, -0.25) is 9.69 Å². The fraction of sp³-hybridized carbons (Fsp3) is 0.556. The highest BCUT2D eigenvalue weighted by Gasteiger charge is 2.54. The number of carbonyl (C=O) groups is 2. The topological polar surface area (TPSA) is 52.7 Å². The van der Waals surface area contributed by atoms with Crippen LogP contribution in [0.25, 0.3) is 0 Å². The third-order valence-corrected chi connectivity index (χ3v) is 6.06. The van der Waals surface area contributed by atoms with E-state index in [4.69, 9.17) is 23.2 Å². The summed E-state index contributed by atoms with van der Waals surface area (Å²) in [5, 5.41) is 3.98. The Morgan fingerprint density at radius 1 is 1.28 bits per heavy atom. The Labute approximate surface area is 158 Å². The minimum Gasteiger partial charge on any atom is -0.323 e. The molecule has 1 spiro atoms. The molecule has 136 valence electrons. The summed E-state index contributed by atoms with van der Waals surface area (Å²) in [7, 11) is 1.87. The third-order valence-electron chi connectivity index (χ3n) is 5.32. The van der Waals surface area contributed by atoms with Gasteiger partial charge in [-0.1, -0.05) is 49.0 Å². The van der Waals surface area contributed by atoms with Gasteiger partial charge in [0.25, 0.3) is 5.91 Å². The standard InChI is InChI=1S/C18H23Cl2N3O2/c1-12-5-3-4-8-18(12)16(24)23(17(25)21-18)11-22(2)10-13-6-7-14(19)15(20)9-13/h6-7,9,12H,3-5,8,10-11H2,1-2H3,(H,21,25)/t12-,18+/m0/s1. The van der Waals surface area contributed by atoms with Crippen molar-refractivity contribution in [1.82, 2.24) is 15.1 Å². The zero-order valence-electron chi connectivity index (χ0n) is 14.5. The van der Waals surface area contributed by atoms with Crippen molar-refractivity contribution >= 4 is 35.1 Å². The molecule has 1 saturated carbocycles. The molecule has 25 heavy (non-hydrogen) atoms. The molecule has 7 heteroatoms. The predicted molar refractivity (Wildman–Crippen MR) is 98.5 cm³/mol. The van der Waals surface area contributed by atoms with E-state index in [1.807, 2.05) is 18.0 Å². The van der Waals surface area contributed by atoms with Gasteiger partial charge < -0.3 is 5.32 Å². The van der Waals surface area contributed by atoms with Crippen molar-refractivity contribution in [2.45, 2.75) is 44.7 Å². The summed E-state index contributed by atoms with van der Waals surface area (Å²) in [6, 6.07) is 5.15. The molecule has 0 aromatic heterocycles. The highest BCUT2D eigenvalue weighted by molar-refractivity contribution is 6.42. The summed E-state index contributed by atoms with van der Waals surface area (Å²) < 4.78 is 0. The molecule has 1 aromatic carbocycles. The van der Waals surface area contributed by atoms with Crippen LogP contribution in [0.15, 0.2) is 18.2 Å². The molecule has 2 atom stereocenters. The average molecular weight is 384 g/mol. The lowest BCUT2D eigenvalue weighted by atomic mass is 9.73. The van der Waals surface area contributed by atoms with Crippen LogP contribution in [0.2, 0.25) is 10.0 Å². The molecule has 0 radical (unpaired) electrons. The molecule has 1 heterocycles. The summed E-state index contributed by atoms with van der Waals surface area (Å²) in [6.07, 6.45) is 3.79. The van der Waals surface area contributed by atoms with Gasteiger partial charge in [0, 0.05) is 6.54 Å². The maximum absolute atomic E-state index is 13.0. The van der Waals surface area contributed by atoms with E-state index in [2.05, 4.69) is 12.2 Å². The lowest BCUT2D eigenvalue weighted by Crippen LogP contribution is -2.54. The number of hydrogen-bond acceptors (Lipinski definition) is 3. The van der Waals surface area contributed by atoms with Crippen LogP contribution < -0.4 is 5.32 Å². The molecule has 1 aliphatic carbocycles. The van der Waals surface area contributed by atoms with Gasteiger partial charge >= 0.3 is 6.03 Å². The summed E-state index contributed by atoms with van der Waals surface area (Å²) in [4.78, 5) is 28.6. The second-order valence-corrected chi connectivity index (χ2v) is 8.00. The van der Waals surface area contributed by atoms with Gasteiger partial charge in [0.15, 0.2) is 0 Å². The number of nitrogens with zero attached hydrogens (tertiary/aromatic N) is 2. The number of rotatable bonds is 4. The van der Waals surface area contributed by atoms with Crippen LogP contribution in [0.4, 0.5) is 4.79 Å². The van der Waals surface area contributed by atoms with Crippen LogP contribution in [0.3, 0.4) is 0 Å². The largest absolute Gasteiger partial charge is 0.326 e. The number of imide groups is 1. The number of hydrogen-bond donors (Lipinski definition) is 1. The van der Waals surface area contributed by atoms with E-state index < -0.39 is 5.54 Å². The van der Waals surface area contributed by atoms with E-state index in [0.29, 0.717) is 16.6 Å². The molecule has 3 amide bonds. The first-order valence-electron chi connectivity index (χ1n) is 8.60. The number of nitrogens with one attached hydrogen (secondary N) is 1. The second kappa shape index (κ2) is 7.14. The van der Waals surface area contributed by atoms with E-state index in [-0.39, 0.29) is 24.5 Å². The Kier molecular flexibility index (Phi) is 5.28. The fourth-order valence-electron chi connectivity index (χ4n) is 3.86. The van der Waals surface area contributed by atoms with Crippen molar-refractivity contribution in [3.05, 3.63) is 33.8 Å². The summed E-state index contributed by atoms with van der Waals surface area (Å²) in [6.45, 7) is 2.87. The van der Waals surface area contributed by atoms with Crippen molar-refractivity contribution in [3.8, 4) is 0 Å². The van der Waals surface area contributed by atoms with E-state index >= 15 is 0 Å². The van der Waals surface area contributed by atoms with Crippen LogP contribution in [0.5, 0.6) is 0 Å². The van der Waals surface area contributed by atoms with Gasteiger partial charge in [0.2, 0.25) is 0 Å². The first-order chi connectivity index (χ1) is 11.8. The van der Waals surface area contributed by atoms with Crippen LogP contribution in [0.1, 0.15) is 38.2 Å². The number of carbonyl (C=O) groups excluding carboxylic acids is 2. The minimum absolute atomic E-state index is 0.0920. The van der Waals surface area contributed by atoms with E-state index in [1.54, 1.807) is 12.1 Å². The van der Waals surface area contributed by atoms with Gasteiger partial charge in [0.05, 0.1) is 16.7 Å². The quantitative estimate of drug-likeness (QED) is 0.802. The number of urea groups is 1. The Hall–Kier alpha value is -1.30. The molecule has 2 aliphatic rings. The number of halogens is 2. The van der Waals surface area contributed by atoms with Crippen molar-refractivity contribution in [1.29, 1.82) is 0 Å². The summed E-state index contributed by atoms with van der Waals surface area (Å²) in [5.41, 5.74) is 0.268. The SMILES string of the molecule is C[C@H]1CCCC[C@@]12NC(=O)N(CN(C)Cc1ccc(Cl)c(Cl)c1)C2=O. The van der Waals surface area contributed by atoms with E-state index in [1.165, 1.54) is 4.90 Å². The zero-order chi connectivity index (χ0) is 18.2. The van der Waals surface area contributed by atoms with Gasteiger partial charge in [-0.05, 0) is 43.5 Å². The first-order valence-corrected chi connectivity index (χ1v) is 9.35. The molecular formula is C18H23Cl2N3O2. The maximum atomic E-state index is 13.0. The van der Waals surface area contributed by atoms with Gasteiger partial charge in [0.1, 0.15) is 5.54 Å². The van der Waals surface area contributed by atoms with Crippen molar-refractivity contribution in [3.63, 3.8) is 0 Å². The number of benzene rings is 1. The average Bonchev–Trinajstić information content (AvgIpc) is 2.79.